The largest absolute Gasteiger partial charge is 0.436 e. The lowest BCUT2D eigenvalue weighted by molar-refractivity contribution is -0.142. The van der Waals surface area contributed by atoms with Crippen molar-refractivity contribution >= 4 is 52.3 Å². The molecule has 0 saturated carbocycles. The van der Waals surface area contributed by atoms with E-state index in [0.717, 1.165) is 55.4 Å². The van der Waals surface area contributed by atoms with Gasteiger partial charge in [-0.3, -0.25) is 4.79 Å². The van der Waals surface area contributed by atoms with Gasteiger partial charge in [-0.2, -0.15) is 13.2 Å². The van der Waals surface area contributed by atoms with Crippen molar-refractivity contribution in [2.24, 2.45) is 11.8 Å². The number of thiophene rings is 1. The number of likely N-dealkylation sites (tertiary alicyclic amines) is 3. The van der Waals surface area contributed by atoms with Crippen LogP contribution in [0.5, 0.6) is 0 Å². The van der Waals surface area contributed by atoms with Gasteiger partial charge in [-0.15, -0.1) is 11.3 Å². The zero-order valence-corrected chi connectivity index (χ0v) is 28.5. The van der Waals surface area contributed by atoms with Gasteiger partial charge in [0.2, 0.25) is 0 Å². The monoisotopic (exact) mass is 710 g/mol. The van der Waals surface area contributed by atoms with Crippen LogP contribution in [0.15, 0.2) is 23.6 Å². The molecule has 3 N–H and O–H groups in total. The zero-order chi connectivity index (χ0) is 34.2. The van der Waals surface area contributed by atoms with Gasteiger partial charge in [0.25, 0.3) is 5.91 Å². The number of nitrogens with one attached hydrogen (secondary N) is 1. The average molecular weight is 711 g/mol. The first-order valence-electron chi connectivity index (χ1n) is 16.6. The van der Waals surface area contributed by atoms with Crippen molar-refractivity contribution in [3.8, 4) is 0 Å². The van der Waals surface area contributed by atoms with Crippen LogP contribution in [0.4, 0.5) is 34.1 Å². The molecule has 3 fully saturated rings. The number of rotatable bonds is 6. The highest BCUT2D eigenvalue weighted by atomic mass is 35.5. The molecule has 48 heavy (non-hydrogen) atoms. The number of nitrogens with zero attached hydrogens (tertiary/aromatic N) is 4. The minimum Gasteiger partial charge on any atom is -0.436 e. The maximum absolute atomic E-state index is 13.9. The standard InChI is InChI=1S/C33H42ClF3N6O4S/c1-40-9-2-21(3-10-40)22-4-11-41(12-5-22)30(44)27(18-20-16-24(33(35,36)37)29(38)25(34)17-20)47-32(46)42-13-6-23(7-14-42)43-19-28-26(8-15-48-28)39-31(43)45/h8,15-17,21-23,27H,2-7,9-14,18-19,38H2,1H3,(H,39,45)/t27-/m1/s1. The summed E-state index contributed by atoms with van der Waals surface area (Å²) in [5.41, 5.74) is 4.88. The normalized spacial score (nSPS) is 21.2. The number of urea groups is 1. The van der Waals surface area contributed by atoms with Crippen molar-refractivity contribution in [1.82, 2.24) is 19.6 Å². The van der Waals surface area contributed by atoms with Crippen molar-refractivity contribution in [2.75, 3.05) is 57.4 Å². The topological polar surface area (TPSA) is 111 Å². The van der Waals surface area contributed by atoms with Gasteiger partial charge in [-0.1, -0.05) is 11.6 Å². The molecule has 0 spiro atoms. The van der Waals surface area contributed by atoms with Crippen LogP contribution in [-0.4, -0.2) is 96.1 Å². The van der Waals surface area contributed by atoms with Gasteiger partial charge in [-0.05, 0) is 99.6 Å². The summed E-state index contributed by atoms with van der Waals surface area (Å²) in [6, 6.07) is 3.79. The first-order valence-corrected chi connectivity index (χ1v) is 17.8. The summed E-state index contributed by atoms with van der Waals surface area (Å²) in [5, 5.41) is 4.57. The van der Waals surface area contributed by atoms with E-state index < -0.39 is 35.5 Å². The second kappa shape index (κ2) is 14.3. The predicted molar refractivity (Wildman–Crippen MR) is 178 cm³/mol. The van der Waals surface area contributed by atoms with Crippen LogP contribution in [0.25, 0.3) is 0 Å². The first kappa shape index (κ1) is 34.6. The molecule has 5 heterocycles. The molecular weight excluding hydrogens is 669 g/mol. The number of fused-ring (bicyclic) bond motifs is 1. The average Bonchev–Trinajstić information content (AvgIpc) is 3.52. The molecule has 1 aromatic carbocycles. The van der Waals surface area contributed by atoms with Gasteiger partial charge in [0, 0.05) is 43.5 Å². The fraction of sp³-hybridized carbons (Fsp3) is 0.606. The number of benzene rings is 1. The Morgan fingerprint density at radius 2 is 1.65 bits per heavy atom. The molecule has 3 saturated heterocycles. The lowest BCUT2D eigenvalue weighted by atomic mass is 9.79. The first-order chi connectivity index (χ1) is 22.9. The van der Waals surface area contributed by atoms with Crippen molar-refractivity contribution in [3.05, 3.63) is 44.6 Å². The summed E-state index contributed by atoms with van der Waals surface area (Å²) in [7, 11) is 2.12. The molecule has 6 rings (SSSR count). The molecule has 4 aliphatic rings. The highest BCUT2D eigenvalue weighted by Crippen LogP contribution is 2.39. The number of piperidine rings is 3. The third-order valence-corrected chi connectivity index (χ3v) is 11.7. The second-order valence-corrected chi connectivity index (χ2v) is 14.9. The maximum Gasteiger partial charge on any atom is 0.418 e. The molecule has 262 valence electrons. The summed E-state index contributed by atoms with van der Waals surface area (Å²) in [6.45, 7) is 4.22. The second-order valence-electron chi connectivity index (χ2n) is 13.5. The lowest BCUT2D eigenvalue weighted by Gasteiger charge is -2.41. The smallest absolute Gasteiger partial charge is 0.418 e. The van der Waals surface area contributed by atoms with Gasteiger partial charge in [-0.25, -0.2) is 9.59 Å². The van der Waals surface area contributed by atoms with E-state index in [1.807, 2.05) is 11.4 Å². The number of alkyl halides is 3. The molecule has 2 aromatic rings. The number of nitrogen functional groups attached to an aromatic ring is 1. The minimum atomic E-state index is -4.75. The van der Waals surface area contributed by atoms with Gasteiger partial charge in [0.05, 0.1) is 28.5 Å². The van der Waals surface area contributed by atoms with Gasteiger partial charge in [0.1, 0.15) is 0 Å². The van der Waals surface area contributed by atoms with Gasteiger partial charge < -0.3 is 35.4 Å². The maximum atomic E-state index is 13.9. The third kappa shape index (κ3) is 7.65. The number of halogens is 4. The van der Waals surface area contributed by atoms with Crippen LogP contribution in [0.2, 0.25) is 5.02 Å². The molecule has 4 amide bonds. The van der Waals surface area contributed by atoms with E-state index in [0.29, 0.717) is 57.4 Å². The van der Waals surface area contributed by atoms with Crippen molar-refractivity contribution in [3.63, 3.8) is 0 Å². The SMILES string of the molecule is CN1CCC(C2CCN(C(=O)[C@@H](Cc3cc(Cl)c(N)c(C(F)(F)F)c3)OC(=O)N3CCC(N4Cc5sccc5NC4=O)CC3)CC2)CC1. The number of anilines is 2. The molecule has 10 nitrogen and oxygen atoms in total. The van der Waals surface area contributed by atoms with E-state index >= 15 is 0 Å². The number of hydrogen-bond donors (Lipinski definition) is 2. The Balaban J connectivity index is 1.13. The number of nitrogens with two attached hydrogens (primary N) is 1. The highest BCUT2D eigenvalue weighted by Gasteiger charge is 2.39. The minimum absolute atomic E-state index is 0.0784. The summed E-state index contributed by atoms with van der Waals surface area (Å²) in [6.07, 6.45) is -2.13. The number of hydrogen-bond acceptors (Lipinski definition) is 7. The summed E-state index contributed by atoms with van der Waals surface area (Å²) in [5.74, 6) is 0.679. The molecular formula is C33H42ClF3N6O4S. The molecule has 1 aromatic heterocycles. The van der Waals surface area contributed by atoms with E-state index in [9.17, 15) is 27.6 Å². The van der Waals surface area contributed by atoms with Crippen molar-refractivity contribution < 1.29 is 32.3 Å². The molecule has 0 aliphatic carbocycles. The van der Waals surface area contributed by atoms with E-state index in [2.05, 4.69) is 17.3 Å². The van der Waals surface area contributed by atoms with Crippen LogP contribution in [-0.2, 0) is 28.7 Å². The Morgan fingerprint density at radius 1 is 1.02 bits per heavy atom. The van der Waals surface area contributed by atoms with E-state index in [4.69, 9.17) is 22.1 Å². The van der Waals surface area contributed by atoms with Crippen LogP contribution in [0.1, 0.15) is 54.5 Å². The number of carbonyl (C=O) groups excluding carboxylic acids is 3. The van der Waals surface area contributed by atoms with Crippen LogP contribution >= 0.6 is 22.9 Å². The number of carbonyl (C=O) groups is 3. The predicted octanol–water partition coefficient (Wildman–Crippen LogP) is 6.14. The van der Waals surface area contributed by atoms with E-state index in [-0.39, 0.29) is 29.1 Å². The number of amides is 4. The molecule has 0 bridgehead atoms. The highest BCUT2D eigenvalue weighted by molar-refractivity contribution is 7.10. The third-order valence-electron chi connectivity index (χ3n) is 10.4. The summed E-state index contributed by atoms with van der Waals surface area (Å²) >= 11 is 7.68. The quantitative estimate of drug-likeness (QED) is 0.349. The van der Waals surface area contributed by atoms with Crippen LogP contribution < -0.4 is 11.1 Å². The Kier molecular flexibility index (Phi) is 10.3. The molecule has 15 heteroatoms. The molecule has 1 atom stereocenters. The van der Waals surface area contributed by atoms with Crippen molar-refractivity contribution in [2.45, 2.75) is 69.8 Å². The van der Waals surface area contributed by atoms with Gasteiger partial charge in [0.15, 0.2) is 6.10 Å². The lowest BCUT2D eigenvalue weighted by Crippen LogP contribution is -2.52. The molecule has 0 radical (unpaired) electrons. The van der Waals surface area contributed by atoms with Crippen molar-refractivity contribution in [1.29, 1.82) is 0 Å². The Bertz CT molecular complexity index is 1500. The zero-order valence-electron chi connectivity index (χ0n) is 26.9. The Morgan fingerprint density at radius 3 is 2.29 bits per heavy atom. The van der Waals surface area contributed by atoms with Crippen LogP contribution in [0.3, 0.4) is 0 Å². The Labute approximate surface area is 287 Å². The summed E-state index contributed by atoms with van der Waals surface area (Å²) in [4.78, 5) is 48.6. The Hall–Kier alpha value is -3.23. The van der Waals surface area contributed by atoms with E-state index in [1.54, 1.807) is 21.1 Å². The molecule has 4 aliphatic heterocycles. The molecule has 0 unspecified atom stereocenters. The van der Waals surface area contributed by atoms with Crippen LogP contribution in [0, 0.1) is 11.8 Å². The summed E-state index contributed by atoms with van der Waals surface area (Å²) < 4.78 is 47.2. The van der Waals surface area contributed by atoms with Gasteiger partial charge >= 0.3 is 18.3 Å². The fourth-order valence-corrected chi connectivity index (χ4v) is 8.62. The van der Waals surface area contributed by atoms with E-state index in [1.165, 1.54) is 11.0 Å². The fourth-order valence-electron chi connectivity index (χ4n) is 7.55. The number of ether oxygens (including phenoxy) is 1.